The van der Waals surface area contributed by atoms with Crippen molar-refractivity contribution in [3.05, 3.63) is 11.9 Å². The van der Waals surface area contributed by atoms with Gasteiger partial charge in [-0.3, -0.25) is 0 Å². The summed E-state index contributed by atoms with van der Waals surface area (Å²) >= 11 is 0. The van der Waals surface area contributed by atoms with Gasteiger partial charge in [-0.25, -0.2) is 4.98 Å². The minimum Gasteiger partial charge on any atom is -0.348 e. The first-order valence-electron chi connectivity index (χ1n) is 8.01. The van der Waals surface area contributed by atoms with Crippen LogP contribution in [0, 0.1) is 5.92 Å². The van der Waals surface area contributed by atoms with Gasteiger partial charge in [0.15, 0.2) is 0 Å². The molecule has 0 aliphatic heterocycles. The van der Waals surface area contributed by atoms with E-state index in [1.165, 1.54) is 44.2 Å². The van der Waals surface area contributed by atoms with Crippen molar-refractivity contribution in [3.8, 4) is 0 Å². The molecule has 20 heavy (non-hydrogen) atoms. The first-order valence-corrected chi connectivity index (χ1v) is 8.01. The summed E-state index contributed by atoms with van der Waals surface area (Å²) in [5, 5.41) is 3.71. The third kappa shape index (κ3) is 3.75. The summed E-state index contributed by atoms with van der Waals surface area (Å²) < 4.78 is 2.17. The molecule has 1 aliphatic rings. The predicted molar refractivity (Wildman–Crippen MR) is 85.0 cm³/mol. The number of hydrogen-bond donors (Lipinski definition) is 1. The molecule has 0 saturated heterocycles. The summed E-state index contributed by atoms with van der Waals surface area (Å²) in [7, 11) is 6.16. The van der Waals surface area contributed by atoms with Crippen LogP contribution in [-0.4, -0.2) is 29.7 Å². The minimum atomic E-state index is 0.603. The van der Waals surface area contributed by atoms with E-state index in [2.05, 4.69) is 33.7 Å². The molecule has 0 spiro atoms. The molecule has 1 atom stereocenters. The lowest BCUT2D eigenvalue weighted by molar-refractivity contribution is 0.334. The Morgan fingerprint density at radius 3 is 2.50 bits per heavy atom. The van der Waals surface area contributed by atoms with Crippen molar-refractivity contribution >= 4 is 5.95 Å². The van der Waals surface area contributed by atoms with Crippen molar-refractivity contribution < 1.29 is 0 Å². The summed E-state index contributed by atoms with van der Waals surface area (Å²) in [6.07, 6.45) is 10.4. The molecular formula is C16H30N4. The average Bonchev–Trinajstić information content (AvgIpc) is 2.65. The van der Waals surface area contributed by atoms with Gasteiger partial charge in [0.1, 0.15) is 0 Å². The maximum Gasteiger partial charge on any atom is 0.204 e. The van der Waals surface area contributed by atoms with Crippen LogP contribution in [0.15, 0.2) is 6.20 Å². The zero-order valence-electron chi connectivity index (χ0n) is 13.5. The van der Waals surface area contributed by atoms with Gasteiger partial charge in [0.25, 0.3) is 0 Å². The van der Waals surface area contributed by atoms with Crippen molar-refractivity contribution in [1.82, 2.24) is 14.9 Å². The normalized spacial score (nSPS) is 18.8. The second-order valence-corrected chi connectivity index (χ2v) is 6.42. The number of anilines is 1. The Morgan fingerprint density at radius 2 is 1.95 bits per heavy atom. The first kappa shape index (κ1) is 15.4. The maximum absolute atomic E-state index is 4.47. The van der Waals surface area contributed by atoms with Crippen LogP contribution in [0.1, 0.15) is 51.1 Å². The molecule has 0 radical (unpaired) electrons. The van der Waals surface area contributed by atoms with Gasteiger partial charge in [-0.1, -0.05) is 25.7 Å². The Bertz CT molecular complexity index is 403. The van der Waals surface area contributed by atoms with E-state index in [1.807, 2.05) is 20.3 Å². The van der Waals surface area contributed by atoms with E-state index in [4.69, 9.17) is 0 Å². The number of imidazole rings is 1. The van der Waals surface area contributed by atoms with Crippen LogP contribution in [0.2, 0.25) is 0 Å². The third-order valence-corrected chi connectivity index (χ3v) is 4.67. The summed E-state index contributed by atoms with van der Waals surface area (Å²) in [4.78, 5) is 6.52. The van der Waals surface area contributed by atoms with Crippen LogP contribution in [0.5, 0.6) is 0 Å². The highest BCUT2D eigenvalue weighted by Crippen LogP contribution is 2.25. The molecule has 114 valence electrons. The van der Waals surface area contributed by atoms with E-state index < -0.39 is 0 Å². The lowest BCUT2D eigenvalue weighted by Crippen LogP contribution is -2.33. The van der Waals surface area contributed by atoms with E-state index in [9.17, 15) is 0 Å². The Balaban J connectivity index is 1.87. The maximum atomic E-state index is 4.47. The monoisotopic (exact) mass is 278 g/mol. The van der Waals surface area contributed by atoms with Crippen molar-refractivity contribution in [2.24, 2.45) is 13.0 Å². The summed E-state index contributed by atoms with van der Waals surface area (Å²) in [6.45, 7) is 3.26. The van der Waals surface area contributed by atoms with Crippen LogP contribution in [0.4, 0.5) is 5.95 Å². The number of nitrogens with zero attached hydrogens (tertiary/aromatic N) is 3. The molecule has 4 heteroatoms. The zero-order chi connectivity index (χ0) is 14.5. The van der Waals surface area contributed by atoms with Crippen molar-refractivity contribution in [3.63, 3.8) is 0 Å². The number of hydrogen-bond acceptors (Lipinski definition) is 3. The minimum absolute atomic E-state index is 0.603. The largest absolute Gasteiger partial charge is 0.348 e. The van der Waals surface area contributed by atoms with Gasteiger partial charge in [-0.15, -0.1) is 0 Å². The molecule has 1 aliphatic carbocycles. The predicted octanol–water partition coefficient (Wildman–Crippen LogP) is 2.93. The number of rotatable bonds is 5. The van der Waals surface area contributed by atoms with E-state index in [0.29, 0.717) is 6.04 Å². The molecule has 1 saturated carbocycles. The molecule has 1 aromatic heterocycles. The zero-order valence-corrected chi connectivity index (χ0v) is 13.5. The van der Waals surface area contributed by atoms with Crippen LogP contribution in [-0.2, 0) is 13.6 Å². The Kier molecular flexibility index (Phi) is 5.46. The summed E-state index contributed by atoms with van der Waals surface area (Å²) in [5.74, 6) is 1.86. The Labute approximate surface area is 123 Å². The van der Waals surface area contributed by atoms with Gasteiger partial charge >= 0.3 is 0 Å². The molecule has 0 amide bonds. The molecule has 1 heterocycles. The third-order valence-electron chi connectivity index (χ3n) is 4.67. The lowest BCUT2D eigenvalue weighted by Gasteiger charge is -2.24. The first-order chi connectivity index (χ1) is 9.59. The summed E-state index contributed by atoms with van der Waals surface area (Å²) in [5.41, 5.74) is 1.26. The average molecular weight is 278 g/mol. The second kappa shape index (κ2) is 7.11. The molecule has 1 N–H and O–H groups in total. The molecular weight excluding hydrogens is 248 g/mol. The van der Waals surface area contributed by atoms with E-state index in [1.54, 1.807) is 0 Å². The second-order valence-electron chi connectivity index (χ2n) is 6.42. The van der Waals surface area contributed by atoms with Crippen LogP contribution < -0.4 is 10.2 Å². The highest BCUT2D eigenvalue weighted by Gasteiger charge is 2.19. The highest BCUT2D eigenvalue weighted by atomic mass is 15.3. The van der Waals surface area contributed by atoms with Crippen molar-refractivity contribution in [1.29, 1.82) is 0 Å². The van der Waals surface area contributed by atoms with Crippen LogP contribution in [0.3, 0.4) is 0 Å². The molecule has 0 aromatic carbocycles. The molecule has 1 fully saturated rings. The van der Waals surface area contributed by atoms with Crippen molar-refractivity contribution in [2.45, 2.75) is 58.0 Å². The van der Waals surface area contributed by atoms with Gasteiger partial charge in [0, 0.05) is 33.7 Å². The fourth-order valence-electron chi connectivity index (χ4n) is 3.26. The van der Waals surface area contributed by atoms with E-state index in [0.717, 1.165) is 18.4 Å². The smallest absolute Gasteiger partial charge is 0.204 e. The standard InChI is InChI=1S/C16H30N4/c1-13(14-9-7-5-6-8-10-14)17-11-15-12-18-16(19(2)3)20(15)4/h12-14,17H,5-11H2,1-4H3/t13-/m1/s1. The van der Waals surface area contributed by atoms with Crippen LogP contribution in [0.25, 0.3) is 0 Å². The van der Waals surface area contributed by atoms with Gasteiger partial charge in [-0.05, 0) is 25.7 Å². The Morgan fingerprint density at radius 1 is 1.30 bits per heavy atom. The van der Waals surface area contributed by atoms with E-state index in [-0.39, 0.29) is 0 Å². The van der Waals surface area contributed by atoms with Gasteiger partial charge in [0.05, 0.1) is 11.9 Å². The lowest BCUT2D eigenvalue weighted by atomic mass is 9.93. The summed E-state index contributed by atoms with van der Waals surface area (Å²) in [6, 6.07) is 0.603. The van der Waals surface area contributed by atoms with Crippen LogP contribution >= 0.6 is 0 Å². The fourth-order valence-corrected chi connectivity index (χ4v) is 3.26. The number of aromatic nitrogens is 2. The van der Waals surface area contributed by atoms with Crippen molar-refractivity contribution in [2.75, 3.05) is 19.0 Å². The Hall–Kier alpha value is -1.03. The number of nitrogens with one attached hydrogen (secondary N) is 1. The quantitative estimate of drug-likeness (QED) is 0.841. The van der Waals surface area contributed by atoms with Gasteiger partial charge < -0.3 is 14.8 Å². The fraction of sp³-hybridized carbons (Fsp3) is 0.812. The topological polar surface area (TPSA) is 33.1 Å². The molecule has 0 bridgehead atoms. The molecule has 2 rings (SSSR count). The SMILES string of the molecule is C[C@@H](NCc1cnc(N(C)C)n1C)C1CCCCCC1. The highest BCUT2D eigenvalue weighted by molar-refractivity contribution is 5.30. The van der Waals surface area contributed by atoms with Gasteiger partial charge in [-0.2, -0.15) is 0 Å². The molecule has 4 nitrogen and oxygen atoms in total. The van der Waals surface area contributed by atoms with E-state index >= 15 is 0 Å². The molecule has 1 aromatic rings. The molecule has 0 unspecified atom stereocenters. The van der Waals surface area contributed by atoms with Gasteiger partial charge in [0.2, 0.25) is 5.95 Å².